The Labute approximate surface area is 108 Å². The van der Waals surface area contributed by atoms with Gasteiger partial charge in [-0.1, -0.05) is 12.8 Å². The fourth-order valence-corrected chi connectivity index (χ4v) is 2.01. The van der Waals surface area contributed by atoms with Crippen LogP contribution in [-0.2, 0) is 14.3 Å². The normalized spacial score (nSPS) is 17.6. The third-order valence-corrected chi connectivity index (χ3v) is 3.04. The van der Waals surface area contributed by atoms with Crippen LogP contribution in [0.4, 0.5) is 0 Å². The van der Waals surface area contributed by atoms with Crippen molar-refractivity contribution in [2.24, 2.45) is 5.73 Å². The number of rotatable bonds is 8. The van der Waals surface area contributed by atoms with Gasteiger partial charge in [0.05, 0.1) is 12.6 Å². The minimum Gasteiger partial charge on any atom is -0.370 e. The van der Waals surface area contributed by atoms with Crippen LogP contribution >= 0.6 is 0 Å². The van der Waals surface area contributed by atoms with Gasteiger partial charge < -0.3 is 21.1 Å². The maximum atomic E-state index is 11.8. The van der Waals surface area contributed by atoms with Gasteiger partial charge in [-0.2, -0.15) is 0 Å². The first-order chi connectivity index (χ1) is 8.59. The minimum atomic E-state index is -0.484. The van der Waals surface area contributed by atoms with Crippen LogP contribution in [0.1, 0.15) is 32.6 Å². The molecule has 0 aromatic rings. The highest BCUT2D eigenvalue weighted by atomic mass is 16.5. The summed E-state index contributed by atoms with van der Waals surface area (Å²) in [6.45, 7) is 2.62. The number of primary amides is 1. The smallest absolute Gasteiger partial charge is 0.243 e. The van der Waals surface area contributed by atoms with Gasteiger partial charge in [0.25, 0.3) is 0 Å². The van der Waals surface area contributed by atoms with E-state index < -0.39 is 5.91 Å². The fourth-order valence-electron chi connectivity index (χ4n) is 2.01. The zero-order chi connectivity index (χ0) is 13.4. The molecule has 6 nitrogen and oxygen atoms in total. The molecule has 4 N–H and O–H groups in total. The van der Waals surface area contributed by atoms with Crippen LogP contribution in [0.5, 0.6) is 0 Å². The average molecular weight is 257 g/mol. The zero-order valence-electron chi connectivity index (χ0n) is 10.9. The summed E-state index contributed by atoms with van der Waals surface area (Å²) < 4.78 is 4.99. The lowest BCUT2D eigenvalue weighted by Crippen LogP contribution is -2.46. The van der Waals surface area contributed by atoms with Crippen molar-refractivity contribution in [2.45, 2.75) is 44.7 Å². The number of hydrogen-bond donors (Lipinski definition) is 3. The van der Waals surface area contributed by atoms with Gasteiger partial charge in [-0.05, 0) is 19.8 Å². The van der Waals surface area contributed by atoms with Gasteiger partial charge in [0, 0.05) is 12.6 Å². The van der Waals surface area contributed by atoms with Crippen molar-refractivity contribution < 1.29 is 14.3 Å². The van der Waals surface area contributed by atoms with Crippen molar-refractivity contribution in [2.75, 3.05) is 19.8 Å². The highest BCUT2D eigenvalue weighted by molar-refractivity contribution is 5.81. The summed E-state index contributed by atoms with van der Waals surface area (Å²) in [5, 5.41) is 6.06. The van der Waals surface area contributed by atoms with E-state index in [4.69, 9.17) is 10.5 Å². The number of nitrogens with two attached hydrogens (primary N) is 1. The number of nitrogens with one attached hydrogen (secondary N) is 2. The van der Waals surface area contributed by atoms with Gasteiger partial charge in [0.2, 0.25) is 11.8 Å². The van der Waals surface area contributed by atoms with Gasteiger partial charge in [0.1, 0.15) is 6.61 Å². The molecule has 6 heteroatoms. The molecule has 18 heavy (non-hydrogen) atoms. The predicted molar refractivity (Wildman–Crippen MR) is 67.9 cm³/mol. The number of hydrogen-bond acceptors (Lipinski definition) is 4. The number of carbonyl (C=O) groups excluding carboxylic acids is 2. The molecule has 0 radical (unpaired) electrons. The molecule has 1 fully saturated rings. The summed E-state index contributed by atoms with van der Waals surface area (Å²) in [4.78, 5) is 22.2. The summed E-state index contributed by atoms with van der Waals surface area (Å²) >= 11 is 0. The van der Waals surface area contributed by atoms with E-state index in [1.54, 1.807) is 0 Å². The van der Waals surface area contributed by atoms with Gasteiger partial charge >= 0.3 is 0 Å². The Morgan fingerprint density at radius 2 is 2.06 bits per heavy atom. The van der Waals surface area contributed by atoms with Crippen LogP contribution in [0.2, 0.25) is 0 Å². The van der Waals surface area contributed by atoms with Crippen molar-refractivity contribution in [1.29, 1.82) is 0 Å². The largest absolute Gasteiger partial charge is 0.370 e. The van der Waals surface area contributed by atoms with Gasteiger partial charge in [-0.25, -0.2) is 0 Å². The monoisotopic (exact) mass is 257 g/mol. The summed E-state index contributed by atoms with van der Waals surface area (Å²) in [6, 6.07) is 0.0932. The SMILES string of the molecule is CC(NCCOCC(N)=O)C(=O)NC1CCCC1. The van der Waals surface area contributed by atoms with Gasteiger partial charge in [0.15, 0.2) is 0 Å². The highest BCUT2D eigenvalue weighted by Gasteiger charge is 2.19. The molecule has 1 unspecified atom stereocenters. The molecule has 0 aromatic heterocycles. The Hall–Kier alpha value is -1.14. The first-order valence-corrected chi connectivity index (χ1v) is 6.49. The fraction of sp³-hybridized carbons (Fsp3) is 0.833. The third-order valence-electron chi connectivity index (χ3n) is 3.04. The Kier molecular flexibility index (Phi) is 6.67. The topological polar surface area (TPSA) is 93.4 Å². The second kappa shape index (κ2) is 8.05. The molecule has 0 saturated heterocycles. The molecule has 104 valence electrons. The van der Waals surface area contributed by atoms with E-state index >= 15 is 0 Å². The molecule has 1 rings (SSSR count). The van der Waals surface area contributed by atoms with Crippen LogP contribution in [0, 0.1) is 0 Å². The maximum absolute atomic E-state index is 11.8. The molecule has 2 amide bonds. The Balaban J connectivity index is 2.05. The first-order valence-electron chi connectivity index (χ1n) is 6.49. The van der Waals surface area contributed by atoms with Crippen molar-refractivity contribution in [3.05, 3.63) is 0 Å². The van der Waals surface area contributed by atoms with E-state index in [1.165, 1.54) is 12.8 Å². The highest BCUT2D eigenvalue weighted by Crippen LogP contribution is 2.17. The van der Waals surface area contributed by atoms with E-state index in [0.717, 1.165) is 12.8 Å². The number of carbonyl (C=O) groups is 2. The van der Waals surface area contributed by atoms with Crippen LogP contribution in [0.25, 0.3) is 0 Å². The lowest BCUT2D eigenvalue weighted by atomic mass is 10.2. The summed E-state index contributed by atoms with van der Waals surface area (Å²) in [7, 11) is 0. The van der Waals surface area contributed by atoms with Crippen LogP contribution in [0.15, 0.2) is 0 Å². The molecule has 0 aromatic carbocycles. The second-order valence-electron chi connectivity index (χ2n) is 4.68. The quantitative estimate of drug-likeness (QED) is 0.512. The standard InChI is InChI=1S/C12H23N3O3/c1-9(14-6-7-18-8-11(13)16)12(17)15-10-4-2-3-5-10/h9-10,14H,2-8H2,1H3,(H2,13,16)(H,15,17). The zero-order valence-corrected chi connectivity index (χ0v) is 10.9. The van der Waals surface area contributed by atoms with Crippen LogP contribution in [-0.4, -0.2) is 43.7 Å². The summed E-state index contributed by atoms with van der Waals surface area (Å²) in [6.07, 6.45) is 4.57. The Morgan fingerprint density at radius 1 is 1.39 bits per heavy atom. The molecule has 1 aliphatic carbocycles. The van der Waals surface area contributed by atoms with E-state index in [1.807, 2.05) is 6.92 Å². The molecule has 0 spiro atoms. The second-order valence-corrected chi connectivity index (χ2v) is 4.68. The Bertz CT molecular complexity index is 278. The number of amides is 2. The molecule has 0 aliphatic heterocycles. The lowest BCUT2D eigenvalue weighted by Gasteiger charge is -2.17. The molecule has 0 bridgehead atoms. The molecule has 1 saturated carbocycles. The van der Waals surface area contributed by atoms with Crippen molar-refractivity contribution in [3.8, 4) is 0 Å². The van der Waals surface area contributed by atoms with Gasteiger partial charge in [-0.15, -0.1) is 0 Å². The lowest BCUT2D eigenvalue weighted by molar-refractivity contribution is -0.124. The molecule has 0 heterocycles. The molecular formula is C12H23N3O3. The van der Waals surface area contributed by atoms with Crippen LogP contribution in [0.3, 0.4) is 0 Å². The molecule has 1 atom stereocenters. The van der Waals surface area contributed by atoms with Crippen LogP contribution < -0.4 is 16.4 Å². The van der Waals surface area contributed by atoms with Gasteiger partial charge in [-0.3, -0.25) is 9.59 Å². The minimum absolute atomic E-state index is 0.0248. The predicted octanol–water partition coefficient (Wildman–Crippen LogP) is -0.475. The van der Waals surface area contributed by atoms with Crippen molar-refractivity contribution in [3.63, 3.8) is 0 Å². The van der Waals surface area contributed by atoms with E-state index in [0.29, 0.717) is 19.2 Å². The van der Waals surface area contributed by atoms with Crippen molar-refractivity contribution >= 4 is 11.8 Å². The summed E-state index contributed by atoms with van der Waals surface area (Å²) in [5.41, 5.74) is 4.93. The van der Waals surface area contributed by atoms with E-state index in [2.05, 4.69) is 10.6 Å². The maximum Gasteiger partial charge on any atom is 0.243 e. The van der Waals surface area contributed by atoms with Crippen molar-refractivity contribution in [1.82, 2.24) is 10.6 Å². The first kappa shape index (κ1) is 14.9. The van der Waals surface area contributed by atoms with E-state index in [-0.39, 0.29) is 18.6 Å². The third kappa shape index (κ3) is 5.97. The summed E-state index contributed by atoms with van der Waals surface area (Å²) in [5.74, 6) is -0.459. The molecular weight excluding hydrogens is 234 g/mol. The molecule has 1 aliphatic rings. The Morgan fingerprint density at radius 3 is 2.67 bits per heavy atom. The average Bonchev–Trinajstić information content (AvgIpc) is 2.80. The number of ether oxygens (including phenoxy) is 1. The van der Waals surface area contributed by atoms with E-state index in [9.17, 15) is 9.59 Å².